The summed E-state index contributed by atoms with van der Waals surface area (Å²) in [6.45, 7) is 1.05. The van der Waals surface area contributed by atoms with Crippen LogP contribution in [0.1, 0.15) is 37.1 Å². The van der Waals surface area contributed by atoms with Crippen LogP contribution in [0.4, 0.5) is 0 Å². The Bertz CT molecular complexity index is 720. The van der Waals surface area contributed by atoms with Crippen molar-refractivity contribution in [2.24, 2.45) is 17.8 Å². The van der Waals surface area contributed by atoms with Crippen LogP contribution >= 0.6 is 11.3 Å². The molecule has 23 heavy (non-hydrogen) atoms. The van der Waals surface area contributed by atoms with Gasteiger partial charge in [-0.3, -0.25) is 4.79 Å². The first-order valence-corrected chi connectivity index (χ1v) is 9.75. The second-order valence-electron chi connectivity index (χ2n) is 7.46. The molecule has 4 atom stereocenters. The normalized spacial score (nSPS) is 31.4. The number of benzene rings is 1. The minimum atomic E-state index is 0.389. The number of carbonyl (C=O) groups excluding carboxylic acids is 1. The third-order valence-corrected chi connectivity index (χ3v) is 7.34. The van der Waals surface area contributed by atoms with E-state index in [1.54, 1.807) is 11.3 Å². The van der Waals surface area contributed by atoms with Crippen molar-refractivity contribution in [2.45, 2.75) is 44.6 Å². The number of carbonyl (C=O) groups is 1. The quantitative estimate of drug-likeness (QED) is 0.854. The second kappa shape index (κ2) is 5.30. The highest BCUT2D eigenvalue weighted by atomic mass is 32.1. The molecule has 3 fully saturated rings. The molecule has 2 bridgehead atoms. The standard InChI is InChI=1S/C19H22N2OS/c22-18(21-11-14-12-8-9-13(10-12)19(14)21)7-3-6-17-20-15-4-1-2-5-16(15)23-17/h1-2,4-5,12-14,19H,3,6-11H2/t12-,13-,14-,19+/m0/s1. The summed E-state index contributed by atoms with van der Waals surface area (Å²) >= 11 is 1.77. The summed E-state index contributed by atoms with van der Waals surface area (Å²) in [5.74, 6) is 3.01. The number of aryl methyl sites for hydroxylation is 1. The van der Waals surface area contributed by atoms with Gasteiger partial charge in [0.2, 0.25) is 5.91 Å². The highest BCUT2D eigenvalue weighted by Gasteiger charge is 2.57. The molecule has 0 radical (unpaired) electrons. The van der Waals surface area contributed by atoms with E-state index in [2.05, 4.69) is 28.1 Å². The lowest BCUT2D eigenvalue weighted by atomic mass is 9.76. The van der Waals surface area contributed by atoms with Crippen LogP contribution in [-0.2, 0) is 11.2 Å². The predicted molar refractivity (Wildman–Crippen MR) is 92.4 cm³/mol. The van der Waals surface area contributed by atoms with Crippen molar-refractivity contribution < 1.29 is 4.79 Å². The van der Waals surface area contributed by atoms with Gasteiger partial charge in [-0.1, -0.05) is 12.1 Å². The molecule has 0 spiro atoms. The number of likely N-dealkylation sites (tertiary alicyclic amines) is 1. The van der Waals surface area contributed by atoms with Crippen molar-refractivity contribution >= 4 is 27.5 Å². The van der Waals surface area contributed by atoms with Gasteiger partial charge in [0, 0.05) is 24.9 Å². The van der Waals surface area contributed by atoms with Gasteiger partial charge in [-0.25, -0.2) is 4.98 Å². The van der Waals surface area contributed by atoms with Gasteiger partial charge < -0.3 is 4.90 Å². The zero-order chi connectivity index (χ0) is 15.4. The minimum absolute atomic E-state index is 0.389. The largest absolute Gasteiger partial charge is 0.339 e. The molecule has 2 aliphatic carbocycles. The molecule has 3 aliphatic rings. The number of hydrogen-bond acceptors (Lipinski definition) is 3. The molecule has 1 aromatic carbocycles. The topological polar surface area (TPSA) is 33.2 Å². The molecule has 3 nitrogen and oxygen atoms in total. The Hall–Kier alpha value is -1.42. The number of nitrogens with zero attached hydrogens (tertiary/aromatic N) is 2. The second-order valence-corrected chi connectivity index (χ2v) is 8.58. The molecular weight excluding hydrogens is 304 g/mol. The highest BCUT2D eigenvalue weighted by molar-refractivity contribution is 7.18. The number of thiazole rings is 1. The smallest absolute Gasteiger partial charge is 0.222 e. The van der Waals surface area contributed by atoms with E-state index >= 15 is 0 Å². The zero-order valence-corrected chi connectivity index (χ0v) is 14.1. The van der Waals surface area contributed by atoms with E-state index in [9.17, 15) is 4.79 Å². The highest BCUT2D eigenvalue weighted by Crippen LogP contribution is 2.55. The molecule has 0 N–H and O–H groups in total. The Kier molecular flexibility index (Phi) is 3.22. The maximum absolute atomic E-state index is 12.5. The fourth-order valence-electron chi connectivity index (χ4n) is 5.16. The molecule has 1 aliphatic heterocycles. The molecular formula is C19H22N2OS. The Labute approximate surface area is 140 Å². The van der Waals surface area contributed by atoms with Gasteiger partial charge in [0.25, 0.3) is 0 Å². The van der Waals surface area contributed by atoms with Crippen LogP contribution in [0.2, 0.25) is 0 Å². The van der Waals surface area contributed by atoms with E-state index in [0.717, 1.165) is 42.7 Å². The Morgan fingerprint density at radius 3 is 3.00 bits per heavy atom. The van der Waals surface area contributed by atoms with E-state index in [1.807, 2.05) is 6.07 Å². The SMILES string of the molecule is O=C(CCCc1nc2ccccc2s1)N1C[C@H]2[C@H]3CC[C@@H](C3)[C@H]21. The first kappa shape index (κ1) is 14.0. The maximum Gasteiger partial charge on any atom is 0.222 e. The van der Waals surface area contributed by atoms with Crippen molar-refractivity contribution in [3.05, 3.63) is 29.3 Å². The van der Waals surface area contributed by atoms with Gasteiger partial charge in [0.05, 0.1) is 15.2 Å². The molecule has 1 saturated heterocycles. The Balaban J connectivity index is 1.16. The molecule has 0 unspecified atom stereocenters. The van der Waals surface area contributed by atoms with Crippen LogP contribution in [0.5, 0.6) is 0 Å². The van der Waals surface area contributed by atoms with Crippen molar-refractivity contribution in [1.29, 1.82) is 0 Å². The van der Waals surface area contributed by atoms with Crippen molar-refractivity contribution in [1.82, 2.24) is 9.88 Å². The molecule has 1 aromatic heterocycles. The lowest BCUT2D eigenvalue weighted by Gasteiger charge is -2.50. The van der Waals surface area contributed by atoms with Gasteiger partial charge in [-0.2, -0.15) is 0 Å². The van der Waals surface area contributed by atoms with Crippen molar-refractivity contribution in [3.63, 3.8) is 0 Å². The average molecular weight is 326 g/mol. The van der Waals surface area contributed by atoms with Crippen LogP contribution in [0.15, 0.2) is 24.3 Å². The molecule has 2 saturated carbocycles. The average Bonchev–Trinajstić information content (AvgIpc) is 3.18. The summed E-state index contributed by atoms with van der Waals surface area (Å²) in [5.41, 5.74) is 1.09. The summed E-state index contributed by atoms with van der Waals surface area (Å²) in [6.07, 6.45) is 6.73. The Morgan fingerprint density at radius 2 is 2.13 bits per heavy atom. The van der Waals surface area contributed by atoms with Crippen LogP contribution in [0, 0.1) is 17.8 Å². The number of para-hydroxylation sites is 1. The summed E-state index contributed by atoms with van der Waals surface area (Å²) in [5, 5.41) is 1.17. The summed E-state index contributed by atoms with van der Waals surface area (Å²) in [6, 6.07) is 8.89. The molecule has 1 amide bonds. The monoisotopic (exact) mass is 326 g/mol. The van der Waals surface area contributed by atoms with Crippen LogP contribution in [0.25, 0.3) is 10.2 Å². The molecule has 5 rings (SSSR count). The first-order valence-electron chi connectivity index (χ1n) is 8.93. The number of hydrogen-bond donors (Lipinski definition) is 0. The molecule has 2 heterocycles. The number of fused-ring (bicyclic) bond motifs is 6. The van der Waals surface area contributed by atoms with E-state index in [0.29, 0.717) is 18.4 Å². The fraction of sp³-hybridized carbons (Fsp3) is 0.579. The van der Waals surface area contributed by atoms with Crippen molar-refractivity contribution in [2.75, 3.05) is 6.54 Å². The number of rotatable bonds is 4. The maximum atomic E-state index is 12.5. The van der Waals surface area contributed by atoms with E-state index in [4.69, 9.17) is 0 Å². The third kappa shape index (κ3) is 2.22. The molecule has 120 valence electrons. The van der Waals surface area contributed by atoms with E-state index < -0.39 is 0 Å². The summed E-state index contributed by atoms with van der Waals surface area (Å²) < 4.78 is 1.25. The molecule has 4 heteroatoms. The van der Waals surface area contributed by atoms with Crippen LogP contribution in [-0.4, -0.2) is 28.4 Å². The van der Waals surface area contributed by atoms with E-state index in [1.165, 1.54) is 29.0 Å². The Morgan fingerprint density at radius 1 is 1.26 bits per heavy atom. The minimum Gasteiger partial charge on any atom is -0.339 e. The summed E-state index contributed by atoms with van der Waals surface area (Å²) in [4.78, 5) is 19.4. The van der Waals surface area contributed by atoms with Crippen molar-refractivity contribution in [3.8, 4) is 0 Å². The van der Waals surface area contributed by atoms with Gasteiger partial charge in [-0.15, -0.1) is 11.3 Å². The predicted octanol–water partition coefficient (Wildman–Crippen LogP) is 3.88. The third-order valence-electron chi connectivity index (χ3n) is 6.25. The summed E-state index contributed by atoms with van der Waals surface area (Å²) in [7, 11) is 0. The van der Waals surface area contributed by atoms with Gasteiger partial charge >= 0.3 is 0 Å². The zero-order valence-electron chi connectivity index (χ0n) is 13.3. The lowest BCUT2D eigenvalue weighted by molar-refractivity contribution is -0.147. The van der Waals surface area contributed by atoms with Crippen LogP contribution in [0.3, 0.4) is 0 Å². The van der Waals surface area contributed by atoms with E-state index in [-0.39, 0.29) is 0 Å². The molecule has 2 aromatic rings. The van der Waals surface area contributed by atoms with Gasteiger partial charge in [0.15, 0.2) is 0 Å². The van der Waals surface area contributed by atoms with Gasteiger partial charge in [0.1, 0.15) is 0 Å². The first-order chi connectivity index (χ1) is 11.3. The fourth-order valence-corrected chi connectivity index (χ4v) is 6.17. The van der Waals surface area contributed by atoms with Gasteiger partial charge in [-0.05, 0) is 56.1 Å². The number of aromatic nitrogens is 1. The lowest BCUT2D eigenvalue weighted by Crippen LogP contribution is -2.60. The van der Waals surface area contributed by atoms with Crippen LogP contribution < -0.4 is 0 Å². The number of amides is 1.